The summed E-state index contributed by atoms with van der Waals surface area (Å²) in [7, 11) is -3.70. The number of nitrogens with zero attached hydrogens (tertiary/aromatic N) is 1. The normalized spacial score (nSPS) is 11.7. The van der Waals surface area contributed by atoms with Gasteiger partial charge in [0.25, 0.3) is 0 Å². The number of rotatable bonds is 6. The molecular formula is C11H15ClN2O3S. The molecule has 0 spiro atoms. The molecule has 1 aromatic rings. The molecule has 0 aliphatic rings. The van der Waals surface area contributed by atoms with Crippen LogP contribution < -0.4 is 5.73 Å². The minimum atomic E-state index is -3.70. The second-order valence-corrected chi connectivity index (χ2v) is 6.13. The molecule has 100 valence electrons. The largest absolute Gasteiger partial charge is 0.369 e. The van der Waals surface area contributed by atoms with Crippen molar-refractivity contribution in [3.63, 3.8) is 0 Å². The second kappa shape index (κ2) is 6.17. The van der Waals surface area contributed by atoms with Gasteiger partial charge in [0.2, 0.25) is 15.9 Å². The molecule has 0 atom stereocenters. The highest BCUT2D eigenvalue weighted by Crippen LogP contribution is 2.18. The van der Waals surface area contributed by atoms with Crippen molar-refractivity contribution in [3.05, 3.63) is 29.3 Å². The molecule has 1 amide bonds. The van der Waals surface area contributed by atoms with E-state index in [-0.39, 0.29) is 18.0 Å². The number of hydrogen-bond acceptors (Lipinski definition) is 3. The number of benzene rings is 1. The van der Waals surface area contributed by atoms with E-state index >= 15 is 0 Å². The van der Waals surface area contributed by atoms with E-state index in [1.54, 1.807) is 0 Å². The summed E-state index contributed by atoms with van der Waals surface area (Å²) >= 11 is 5.70. The average molecular weight is 291 g/mol. The Labute approximate surface area is 112 Å². The lowest BCUT2D eigenvalue weighted by Crippen LogP contribution is -2.38. The van der Waals surface area contributed by atoms with Crippen LogP contribution in [0.1, 0.15) is 13.3 Å². The van der Waals surface area contributed by atoms with E-state index < -0.39 is 15.9 Å². The number of amides is 1. The van der Waals surface area contributed by atoms with Crippen LogP contribution in [0.3, 0.4) is 0 Å². The van der Waals surface area contributed by atoms with Crippen molar-refractivity contribution in [2.45, 2.75) is 18.2 Å². The molecule has 0 radical (unpaired) electrons. The van der Waals surface area contributed by atoms with Gasteiger partial charge in [-0.05, 0) is 30.7 Å². The molecule has 0 fully saturated rings. The SMILES string of the molecule is CCCN(CC(N)=O)S(=O)(=O)c1ccc(Cl)cc1. The number of sulfonamides is 1. The quantitative estimate of drug-likeness (QED) is 0.855. The molecule has 0 aliphatic heterocycles. The van der Waals surface area contributed by atoms with Crippen molar-refractivity contribution in [1.82, 2.24) is 4.31 Å². The lowest BCUT2D eigenvalue weighted by Gasteiger charge is -2.20. The Hall–Kier alpha value is -1.11. The van der Waals surface area contributed by atoms with E-state index in [1.165, 1.54) is 24.3 Å². The first-order valence-corrected chi connectivity index (χ1v) is 7.23. The maximum absolute atomic E-state index is 12.2. The Morgan fingerprint density at radius 2 is 1.89 bits per heavy atom. The Kier molecular flexibility index (Phi) is 5.13. The molecule has 0 saturated carbocycles. The molecule has 2 N–H and O–H groups in total. The molecule has 1 rings (SSSR count). The van der Waals surface area contributed by atoms with Crippen molar-refractivity contribution in [3.8, 4) is 0 Å². The standard InChI is InChI=1S/C11H15ClN2O3S/c1-2-7-14(8-11(13)15)18(16,17)10-5-3-9(12)4-6-10/h3-6H,2,7-8H2,1H3,(H2,13,15). The molecule has 0 unspecified atom stereocenters. The van der Waals surface area contributed by atoms with Gasteiger partial charge in [-0.2, -0.15) is 4.31 Å². The molecule has 0 saturated heterocycles. The zero-order valence-electron chi connectivity index (χ0n) is 9.97. The van der Waals surface area contributed by atoms with Crippen LogP contribution in [0.2, 0.25) is 5.02 Å². The number of hydrogen-bond donors (Lipinski definition) is 1. The Bertz CT molecular complexity index is 514. The molecule has 0 bridgehead atoms. The summed E-state index contributed by atoms with van der Waals surface area (Å²) in [5, 5.41) is 0.450. The number of halogens is 1. The Morgan fingerprint density at radius 1 is 1.33 bits per heavy atom. The first kappa shape index (κ1) is 14.9. The summed E-state index contributed by atoms with van der Waals surface area (Å²) in [6, 6.07) is 5.79. The fraction of sp³-hybridized carbons (Fsp3) is 0.364. The molecule has 0 aromatic heterocycles. The summed E-state index contributed by atoms with van der Waals surface area (Å²) in [4.78, 5) is 11.0. The lowest BCUT2D eigenvalue weighted by atomic mass is 10.4. The summed E-state index contributed by atoms with van der Waals surface area (Å²) in [5.74, 6) is -0.680. The van der Waals surface area contributed by atoms with Crippen molar-refractivity contribution >= 4 is 27.5 Å². The van der Waals surface area contributed by atoms with E-state index in [9.17, 15) is 13.2 Å². The van der Waals surface area contributed by atoms with Gasteiger partial charge in [-0.1, -0.05) is 18.5 Å². The monoisotopic (exact) mass is 290 g/mol. The van der Waals surface area contributed by atoms with E-state index in [0.717, 1.165) is 4.31 Å². The number of carbonyl (C=O) groups excluding carboxylic acids is 1. The highest BCUT2D eigenvalue weighted by atomic mass is 35.5. The van der Waals surface area contributed by atoms with Gasteiger partial charge in [-0.3, -0.25) is 4.79 Å². The Morgan fingerprint density at radius 3 is 2.33 bits per heavy atom. The lowest BCUT2D eigenvalue weighted by molar-refractivity contribution is -0.118. The minimum absolute atomic E-state index is 0.0987. The maximum atomic E-state index is 12.2. The number of nitrogens with two attached hydrogens (primary N) is 1. The van der Waals surface area contributed by atoms with E-state index in [0.29, 0.717) is 11.4 Å². The van der Waals surface area contributed by atoms with Crippen LogP contribution >= 0.6 is 11.6 Å². The average Bonchev–Trinajstić information content (AvgIpc) is 2.28. The third kappa shape index (κ3) is 3.69. The van der Waals surface area contributed by atoms with Gasteiger partial charge in [0.15, 0.2) is 0 Å². The molecule has 0 aliphatic carbocycles. The van der Waals surface area contributed by atoms with Crippen molar-refractivity contribution in [1.29, 1.82) is 0 Å². The van der Waals surface area contributed by atoms with E-state index in [4.69, 9.17) is 17.3 Å². The second-order valence-electron chi connectivity index (χ2n) is 3.76. The fourth-order valence-electron chi connectivity index (χ4n) is 1.46. The van der Waals surface area contributed by atoms with Crippen LogP contribution in [0.25, 0.3) is 0 Å². The van der Waals surface area contributed by atoms with Gasteiger partial charge in [0.05, 0.1) is 11.4 Å². The molecule has 1 aromatic carbocycles. The summed E-state index contributed by atoms with van der Waals surface area (Å²) in [6.07, 6.45) is 0.597. The fourth-order valence-corrected chi connectivity index (χ4v) is 3.09. The summed E-state index contributed by atoms with van der Waals surface area (Å²) in [5.41, 5.74) is 5.06. The van der Waals surface area contributed by atoms with E-state index in [1.807, 2.05) is 6.92 Å². The zero-order valence-corrected chi connectivity index (χ0v) is 11.5. The molecule has 0 heterocycles. The molecule has 7 heteroatoms. The topological polar surface area (TPSA) is 80.5 Å². The molecule has 5 nitrogen and oxygen atoms in total. The van der Waals surface area contributed by atoms with Gasteiger partial charge < -0.3 is 5.73 Å². The highest BCUT2D eigenvalue weighted by molar-refractivity contribution is 7.89. The maximum Gasteiger partial charge on any atom is 0.243 e. The van der Waals surface area contributed by atoms with Crippen molar-refractivity contribution in [2.75, 3.05) is 13.1 Å². The first-order chi connectivity index (χ1) is 8.37. The number of carbonyl (C=O) groups is 1. The van der Waals surface area contributed by atoms with Crippen LogP contribution in [-0.2, 0) is 14.8 Å². The van der Waals surface area contributed by atoms with E-state index in [2.05, 4.69) is 0 Å². The Balaban J connectivity index is 3.08. The third-order valence-electron chi connectivity index (χ3n) is 2.26. The van der Waals surface area contributed by atoms with Gasteiger partial charge in [0.1, 0.15) is 0 Å². The predicted octanol–water partition coefficient (Wildman–Crippen LogP) is 1.23. The van der Waals surface area contributed by atoms with Gasteiger partial charge in [0, 0.05) is 11.6 Å². The van der Waals surface area contributed by atoms with Crippen molar-refractivity contribution < 1.29 is 13.2 Å². The summed E-state index contributed by atoms with van der Waals surface area (Å²) in [6.45, 7) is 1.75. The van der Waals surface area contributed by atoms with Gasteiger partial charge in [-0.25, -0.2) is 8.42 Å². The minimum Gasteiger partial charge on any atom is -0.369 e. The summed E-state index contributed by atoms with van der Waals surface area (Å²) < 4.78 is 25.6. The highest BCUT2D eigenvalue weighted by Gasteiger charge is 2.24. The third-order valence-corrected chi connectivity index (χ3v) is 4.37. The van der Waals surface area contributed by atoms with Crippen LogP contribution in [-0.4, -0.2) is 31.7 Å². The van der Waals surface area contributed by atoms with Gasteiger partial charge >= 0.3 is 0 Å². The van der Waals surface area contributed by atoms with Crippen LogP contribution in [0.15, 0.2) is 29.2 Å². The first-order valence-electron chi connectivity index (χ1n) is 5.42. The van der Waals surface area contributed by atoms with Crippen LogP contribution in [0.4, 0.5) is 0 Å². The molecular weight excluding hydrogens is 276 g/mol. The van der Waals surface area contributed by atoms with Crippen LogP contribution in [0, 0.1) is 0 Å². The van der Waals surface area contributed by atoms with Gasteiger partial charge in [-0.15, -0.1) is 0 Å². The van der Waals surface area contributed by atoms with Crippen LogP contribution in [0.5, 0.6) is 0 Å². The van der Waals surface area contributed by atoms with Crippen molar-refractivity contribution in [2.24, 2.45) is 5.73 Å². The predicted molar refractivity (Wildman–Crippen MR) is 69.7 cm³/mol. The zero-order chi connectivity index (χ0) is 13.8. The smallest absolute Gasteiger partial charge is 0.243 e. The number of primary amides is 1. The molecule has 18 heavy (non-hydrogen) atoms.